The van der Waals surface area contributed by atoms with Gasteiger partial charge in [-0.15, -0.1) is 0 Å². The molecule has 1 N–H and O–H groups in total. The average molecular weight is 836 g/mol. The van der Waals surface area contributed by atoms with Crippen LogP contribution < -0.4 is 4.57 Å². The number of para-hydroxylation sites is 4. The molecule has 0 bridgehead atoms. The molecule has 0 radical (unpaired) electrons. The van der Waals surface area contributed by atoms with Crippen LogP contribution in [0.1, 0.15) is 215 Å². The summed E-state index contributed by atoms with van der Waals surface area (Å²) in [5.41, 5.74) is 15.3. The molecule has 5 aromatic rings. The molecular formula is C56H75N4O2+3. The first kappa shape index (κ1) is 46.4. The maximum absolute atomic E-state index is 15.6. The minimum Gasteiger partial charge on any atom is -0.475 e. The molecule has 4 aromatic carbocycles. The zero-order valence-electron chi connectivity index (χ0n) is 40.8. The van der Waals surface area contributed by atoms with Gasteiger partial charge in [0.15, 0.2) is 5.69 Å². The molecule has 1 aliphatic heterocycles. The smallest absolute Gasteiger partial charge is 0.475 e. The topological polar surface area (TPSA) is 52.1 Å². The summed E-state index contributed by atoms with van der Waals surface area (Å²) in [4.78, 5) is 15.6. The van der Waals surface area contributed by atoms with Gasteiger partial charge in [-0.25, -0.2) is 4.79 Å². The van der Waals surface area contributed by atoms with E-state index in [9.17, 15) is 5.11 Å². The number of rotatable bonds is 15. The number of carbonyl (C=O) groups excluding carboxylic acids is 1. The fourth-order valence-corrected chi connectivity index (χ4v) is 9.53. The standard InChI is InChI=1S/C56H74N4O2/c1-33(2)41-21-17-22-42(34(3)4)51(41)57-31-59(53-45(37(9)10)25-19-26-46(53)38(11)12)55(61)49(57)29-30-50-56(62)60(54-47(39(13)14)27-20-28-48(54)40(15)16)32-58(50)52-43(35(5)6)23-18-24-44(52)36(7)8/h17-28,31-40H,29-30H2,1-16H3/q+2/p+1. The van der Waals surface area contributed by atoms with E-state index in [1.807, 2.05) is 9.14 Å². The fraction of sp³-hybridized carbons (Fsp3) is 0.464. The van der Waals surface area contributed by atoms with Crippen molar-refractivity contribution in [2.24, 2.45) is 0 Å². The van der Waals surface area contributed by atoms with Crippen LogP contribution in [0.5, 0.6) is 5.88 Å². The Morgan fingerprint density at radius 1 is 0.468 bits per heavy atom. The van der Waals surface area contributed by atoms with Crippen molar-refractivity contribution in [3.8, 4) is 17.3 Å². The molecule has 6 rings (SSSR count). The average Bonchev–Trinajstić information content (AvgIpc) is 3.72. The first-order chi connectivity index (χ1) is 29.3. The van der Waals surface area contributed by atoms with Crippen molar-refractivity contribution < 1.29 is 23.6 Å². The molecule has 1 aromatic heterocycles. The van der Waals surface area contributed by atoms with E-state index in [4.69, 9.17) is 0 Å². The lowest BCUT2D eigenvalue weighted by atomic mass is 9.92. The molecule has 1 aliphatic rings. The van der Waals surface area contributed by atoms with Crippen molar-refractivity contribution in [3.63, 3.8) is 0 Å². The second-order valence-corrected chi connectivity index (χ2v) is 20.1. The second kappa shape index (κ2) is 18.7. The molecule has 0 atom stereocenters. The predicted molar refractivity (Wildman–Crippen MR) is 259 cm³/mol. The van der Waals surface area contributed by atoms with Gasteiger partial charge in [0, 0.05) is 50.9 Å². The number of hydrogen-bond donors (Lipinski definition) is 1. The number of hydrogen-bond acceptors (Lipinski definition) is 2. The van der Waals surface area contributed by atoms with Gasteiger partial charge >= 0.3 is 23.8 Å². The third kappa shape index (κ3) is 8.64. The van der Waals surface area contributed by atoms with Gasteiger partial charge in [0.2, 0.25) is 11.4 Å². The van der Waals surface area contributed by atoms with E-state index in [1.54, 1.807) is 0 Å². The van der Waals surface area contributed by atoms with Crippen molar-refractivity contribution >= 4 is 29.3 Å². The lowest BCUT2D eigenvalue weighted by molar-refractivity contribution is -0.604. The number of benzene rings is 4. The highest BCUT2D eigenvalue weighted by Crippen LogP contribution is 2.40. The summed E-state index contributed by atoms with van der Waals surface area (Å²) in [6.07, 6.45) is 5.06. The molecule has 0 saturated carbocycles. The quantitative estimate of drug-likeness (QED) is 0.107. The van der Waals surface area contributed by atoms with Gasteiger partial charge < -0.3 is 5.11 Å². The highest BCUT2D eigenvalue weighted by molar-refractivity contribution is 6.36. The molecule has 1 amide bonds. The highest BCUT2D eigenvalue weighted by atomic mass is 16.3. The van der Waals surface area contributed by atoms with E-state index in [2.05, 4.69) is 205 Å². The van der Waals surface area contributed by atoms with Crippen LogP contribution in [0, 0.1) is 0 Å². The Bertz CT molecular complexity index is 2420. The minimum atomic E-state index is -0.0172. The maximum Gasteiger partial charge on any atom is 0.490 e. The van der Waals surface area contributed by atoms with Crippen molar-refractivity contribution in [1.82, 2.24) is 4.57 Å². The summed E-state index contributed by atoms with van der Waals surface area (Å²) in [6, 6.07) is 26.3. The van der Waals surface area contributed by atoms with Crippen molar-refractivity contribution in [2.45, 2.75) is 171 Å². The Kier molecular flexibility index (Phi) is 14.0. The highest BCUT2D eigenvalue weighted by Gasteiger charge is 2.48. The lowest BCUT2D eigenvalue weighted by Crippen LogP contribution is -2.32. The van der Waals surface area contributed by atoms with Crippen LogP contribution >= 0.6 is 0 Å². The first-order valence-corrected chi connectivity index (χ1v) is 23.5. The molecule has 2 heterocycles. The number of aromatic hydroxyl groups is 1. The number of nitrogens with zero attached hydrogens (tertiary/aromatic N) is 4. The molecule has 0 unspecified atom stereocenters. The Morgan fingerprint density at radius 3 is 1.18 bits per heavy atom. The number of carbonyl (C=O) groups is 1. The van der Waals surface area contributed by atoms with E-state index >= 15 is 4.79 Å². The maximum atomic E-state index is 15.6. The third-order valence-electron chi connectivity index (χ3n) is 12.9. The van der Waals surface area contributed by atoms with Crippen LogP contribution in [0.25, 0.3) is 11.4 Å². The molecule has 328 valence electrons. The van der Waals surface area contributed by atoms with E-state index in [1.165, 1.54) is 33.4 Å². The van der Waals surface area contributed by atoms with Crippen LogP contribution in [0.15, 0.2) is 79.1 Å². The molecular weight excluding hydrogens is 761 g/mol. The number of amides is 1. The molecule has 6 heteroatoms. The molecule has 6 nitrogen and oxygen atoms in total. The first-order valence-electron chi connectivity index (χ1n) is 23.5. The summed E-state index contributed by atoms with van der Waals surface area (Å²) in [5.74, 6) is 2.04. The summed E-state index contributed by atoms with van der Waals surface area (Å²) in [7, 11) is 0. The normalized spacial score (nSPS) is 13.6. The van der Waals surface area contributed by atoms with E-state index in [0.717, 1.165) is 39.6 Å². The van der Waals surface area contributed by atoms with Gasteiger partial charge in [0.1, 0.15) is 11.4 Å². The van der Waals surface area contributed by atoms with Gasteiger partial charge in [-0.1, -0.05) is 193 Å². The van der Waals surface area contributed by atoms with Crippen molar-refractivity contribution in [1.29, 1.82) is 0 Å². The lowest BCUT2D eigenvalue weighted by Gasteiger charge is -2.17. The van der Waals surface area contributed by atoms with E-state index in [-0.39, 0.29) is 59.1 Å². The third-order valence-corrected chi connectivity index (χ3v) is 12.9. The Morgan fingerprint density at radius 2 is 0.806 bits per heavy atom. The zero-order chi connectivity index (χ0) is 45.5. The van der Waals surface area contributed by atoms with Gasteiger partial charge in [-0.05, 0) is 47.3 Å². The molecule has 0 aliphatic carbocycles. The van der Waals surface area contributed by atoms with Crippen LogP contribution in [0.2, 0.25) is 0 Å². The van der Waals surface area contributed by atoms with Crippen LogP contribution in [0.3, 0.4) is 0 Å². The summed E-state index contributed by atoms with van der Waals surface area (Å²) >= 11 is 0. The van der Waals surface area contributed by atoms with Crippen molar-refractivity contribution in [2.75, 3.05) is 0 Å². The Balaban J connectivity index is 1.67. The Hall–Kier alpha value is -5.10. The number of aromatic nitrogens is 2. The Labute approximate surface area is 373 Å². The summed E-state index contributed by atoms with van der Waals surface area (Å²) in [5, 5.41) is 12.9. The van der Waals surface area contributed by atoms with E-state index in [0.29, 0.717) is 18.6 Å². The fourth-order valence-electron chi connectivity index (χ4n) is 9.53. The van der Waals surface area contributed by atoms with Crippen molar-refractivity contribution in [3.05, 3.63) is 129 Å². The molecule has 62 heavy (non-hydrogen) atoms. The second-order valence-electron chi connectivity index (χ2n) is 20.1. The van der Waals surface area contributed by atoms with Crippen LogP contribution in [0.4, 0.5) is 11.4 Å². The van der Waals surface area contributed by atoms with E-state index < -0.39 is 0 Å². The van der Waals surface area contributed by atoms with Gasteiger partial charge in [-0.2, -0.15) is 9.13 Å². The van der Waals surface area contributed by atoms with Crippen LogP contribution in [-0.2, 0) is 11.2 Å². The monoisotopic (exact) mass is 836 g/mol. The SMILES string of the molecule is CC(C)c1cccc(C(C)C)c1-n1c[n+](-c2c(C(C)C)cccc2C(C)C)c(O)c1CCC1=[N+](c2c(C(C)C)cccc2C(C)C)C=[N+](c2c(C(C)C)cccc2C(C)C)C1=O. The largest absolute Gasteiger partial charge is 0.490 e. The zero-order valence-corrected chi connectivity index (χ0v) is 40.8. The van der Waals surface area contributed by atoms with Crippen LogP contribution in [-0.4, -0.2) is 36.8 Å². The number of imidazole rings is 1. The van der Waals surface area contributed by atoms with Gasteiger partial charge in [0.25, 0.3) is 6.33 Å². The summed E-state index contributed by atoms with van der Waals surface area (Å²) in [6.45, 7) is 35.7. The van der Waals surface area contributed by atoms with Gasteiger partial charge in [0.05, 0.1) is 6.42 Å². The minimum absolute atomic E-state index is 0.0172. The van der Waals surface area contributed by atoms with Gasteiger partial charge in [-0.3, -0.25) is 0 Å². The molecule has 0 fully saturated rings. The predicted octanol–water partition coefficient (Wildman–Crippen LogP) is 14.1. The molecule has 0 saturated heterocycles. The molecule has 0 spiro atoms. The summed E-state index contributed by atoms with van der Waals surface area (Å²) < 4.78 is 8.47.